The van der Waals surface area contributed by atoms with Crippen LogP contribution in [0.2, 0.25) is 0 Å². The van der Waals surface area contributed by atoms with Crippen molar-refractivity contribution in [3.63, 3.8) is 0 Å². The number of aromatic nitrogens is 1. The van der Waals surface area contributed by atoms with E-state index in [1.165, 1.54) is 0 Å². The second-order valence-electron chi connectivity index (χ2n) is 5.11. The molecule has 1 aliphatic carbocycles. The number of halogens is 1. The van der Waals surface area contributed by atoms with E-state index in [0.29, 0.717) is 11.8 Å². The van der Waals surface area contributed by atoms with Crippen LogP contribution < -0.4 is 4.72 Å². The molecule has 1 heterocycles. The molecular formula is C13H19BrN2O2S. The lowest BCUT2D eigenvalue weighted by atomic mass is 10.0. The highest BCUT2D eigenvalue weighted by Crippen LogP contribution is 2.31. The summed E-state index contributed by atoms with van der Waals surface area (Å²) in [6, 6.07) is 5.55. The summed E-state index contributed by atoms with van der Waals surface area (Å²) in [5, 5.41) is 0.683. The van der Waals surface area contributed by atoms with Crippen LogP contribution in [0.25, 0.3) is 0 Å². The molecule has 0 unspecified atom stereocenters. The minimum Gasteiger partial charge on any atom is -0.261 e. The molecule has 19 heavy (non-hydrogen) atoms. The van der Waals surface area contributed by atoms with Gasteiger partial charge in [0.05, 0.1) is 5.75 Å². The van der Waals surface area contributed by atoms with E-state index >= 15 is 0 Å². The number of nitrogens with zero attached hydrogens (tertiary/aromatic N) is 1. The summed E-state index contributed by atoms with van der Waals surface area (Å²) < 4.78 is 27.2. The molecule has 0 saturated heterocycles. The molecule has 0 aliphatic heterocycles. The third kappa shape index (κ3) is 4.26. The molecule has 1 N–H and O–H groups in total. The smallest absolute Gasteiger partial charge is 0.212 e. The molecule has 1 aromatic rings. The fraction of sp³-hybridized carbons (Fsp3) is 0.615. The molecule has 2 rings (SSSR count). The van der Waals surface area contributed by atoms with Crippen molar-refractivity contribution in [3.8, 4) is 0 Å². The average molecular weight is 347 g/mol. The summed E-state index contributed by atoms with van der Waals surface area (Å²) in [7, 11) is -3.25. The van der Waals surface area contributed by atoms with Gasteiger partial charge in [0.25, 0.3) is 0 Å². The lowest BCUT2D eigenvalue weighted by Crippen LogP contribution is -2.48. The van der Waals surface area contributed by atoms with Crippen molar-refractivity contribution in [2.75, 3.05) is 11.1 Å². The predicted octanol–water partition coefficient (Wildman–Crippen LogP) is 2.25. The normalized spacial score (nSPS) is 18.6. The van der Waals surface area contributed by atoms with E-state index < -0.39 is 10.0 Å². The molecular weight excluding hydrogens is 328 g/mol. The molecule has 0 bridgehead atoms. The number of alkyl halides is 1. The maximum Gasteiger partial charge on any atom is 0.212 e. The summed E-state index contributed by atoms with van der Waals surface area (Å²) >= 11 is 3.44. The Kier molecular flexibility index (Phi) is 4.97. The van der Waals surface area contributed by atoms with Crippen molar-refractivity contribution in [1.29, 1.82) is 0 Å². The van der Waals surface area contributed by atoms with Crippen LogP contribution in [0.3, 0.4) is 0 Å². The van der Waals surface area contributed by atoms with Gasteiger partial charge in [0.15, 0.2) is 0 Å². The summed E-state index contributed by atoms with van der Waals surface area (Å²) in [4.78, 5) is 4.15. The van der Waals surface area contributed by atoms with Crippen LogP contribution in [-0.2, 0) is 16.4 Å². The number of sulfonamides is 1. The third-order valence-corrected chi connectivity index (χ3v) is 6.10. The fourth-order valence-electron chi connectivity index (χ4n) is 2.48. The van der Waals surface area contributed by atoms with Gasteiger partial charge >= 0.3 is 0 Å². The van der Waals surface area contributed by atoms with E-state index in [-0.39, 0.29) is 11.3 Å². The molecule has 0 aromatic carbocycles. The summed E-state index contributed by atoms with van der Waals surface area (Å²) in [6.07, 6.45) is 6.16. The number of hydrogen-bond donors (Lipinski definition) is 1. The van der Waals surface area contributed by atoms with Crippen LogP contribution in [0.15, 0.2) is 24.4 Å². The van der Waals surface area contributed by atoms with Crippen LogP contribution in [0, 0.1) is 0 Å². The Morgan fingerprint density at radius 3 is 2.63 bits per heavy atom. The Labute approximate surface area is 123 Å². The van der Waals surface area contributed by atoms with E-state index in [1.54, 1.807) is 6.20 Å². The van der Waals surface area contributed by atoms with E-state index in [9.17, 15) is 8.42 Å². The average Bonchev–Trinajstić information content (AvgIpc) is 2.86. The second-order valence-corrected chi connectivity index (χ2v) is 7.52. The lowest BCUT2D eigenvalue weighted by molar-refractivity contribution is 0.438. The highest BCUT2D eigenvalue weighted by atomic mass is 79.9. The molecule has 106 valence electrons. The lowest BCUT2D eigenvalue weighted by Gasteiger charge is -2.27. The second kappa shape index (κ2) is 6.33. The maximum atomic E-state index is 12.2. The third-order valence-electron chi connectivity index (χ3n) is 3.54. The van der Waals surface area contributed by atoms with E-state index in [4.69, 9.17) is 0 Å². The largest absolute Gasteiger partial charge is 0.261 e. The van der Waals surface area contributed by atoms with Crippen LogP contribution in [-0.4, -0.2) is 30.0 Å². The van der Waals surface area contributed by atoms with E-state index in [0.717, 1.165) is 31.4 Å². The van der Waals surface area contributed by atoms with E-state index in [2.05, 4.69) is 25.6 Å². The van der Waals surface area contributed by atoms with Gasteiger partial charge < -0.3 is 0 Å². The molecule has 1 aliphatic rings. The summed E-state index contributed by atoms with van der Waals surface area (Å²) in [5.74, 6) is 0.0960. The van der Waals surface area contributed by atoms with Gasteiger partial charge in [-0.05, 0) is 25.0 Å². The van der Waals surface area contributed by atoms with Gasteiger partial charge in [0.2, 0.25) is 10.0 Å². The highest BCUT2D eigenvalue weighted by Gasteiger charge is 2.36. The van der Waals surface area contributed by atoms with Crippen molar-refractivity contribution in [2.45, 2.75) is 37.6 Å². The van der Waals surface area contributed by atoms with Gasteiger partial charge in [-0.2, -0.15) is 0 Å². The molecule has 6 heteroatoms. The maximum absolute atomic E-state index is 12.2. The van der Waals surface area contributed by atoms with Crippen LogP contribution in [0.4, 0.5) is 0 Å². The van der Waals surface area contributed by atoms with Gasteiger partial charge in [-0.15, -0.1) is 0 Å². The quantitative estimate of drug-likeness (QED) is 0.803. The minimum atomic E-state index is -3.25. The molecule has 1 fully saturated rings. The van der Waals surface area contributed by atoms with Gasteiger partial charge in [-0.1, -0.05) is 34.8 Å². The molecule has 0 atom stereocenters. The standard InChI is InChI=1S/C13H19BrN2O2S/c14-11-13(7-2-3-8-13)16-19(17,18)10-6-12-5-1-4-9-15-12/h1,4-5,9,16H,2-3,6-8,10-11H2. The first-order chi connectivity index (χ1) is 9.05. The predicted molar refractivity (Wildman–Crippen MR) is 79.9 cm³/mol. The van der Waals surface area contributed by atoms with Crippen molar-refractivity contribution in [1.82, 2.24) is 9.71 Å². The van der Waals surface area contributed by atoms with Crippen LogP contribution in [0.5, 0.6) is 0 Å². The zero-order chi connectivity index (χ0) is 13.8. The first kappa shape index (κ1) is 14.9. The summed E-state index contributed by atoms with van der Waals surface area (Å²) in [5.41, 5.74) is 0.537. The van der Waals surface area contributed by atoms with Gasteiger partial charge in [0.1, 0.15) is 0 Å². The van der Waals surface area contributed by atoms with E-state index in [1.807, 2.05) is 18.2 Å². The molecule has 0 spiro atoms. The topological polar surface area (TPSA) is 59.1 Å². The first-order valence-corrected chi connectivity index (χ1v) is 9.30. The number of nitrogens with one attached hydrogen (secondary N) is 1. The SMILES string of the molecule is O=S(=O)(CCc1ccccn1)NC1(CBr)CCCC1. The van der Waals surface area contributed by atoms with Crippen LogP contribution in [0.1, 0.15) is 31.4 Å². The van der Waals surface area contributed by atoms with Crippen molar-refractivity contribution in [2.24, 2.45) is 0 Å². The Balaban J connectivity index is 1.95. The minimum absolute atomic E-state index is 0.0960. The Morgan fingerprint density at radius 1 is 1.32 bits per heavy atom. The van der Waals surface area contributed by atoms with Gasteiger partial charge in [-0.3, -0.25) is 4.98 Å². The Bertz CT molecular complexity index is 499. The zero-order valence-corrected chi connectivity index (χ0v) is 13.2. The molecule has 0 radical (unpaired) electrons. The Hall–Kier alpha value is -0.460. The number of pyridine rings is 1. The van der Waals surface area contributed by atoms with Gasteiger partial charge in [0, 0.05) is 29.2 Å². The Morgan fingerprint density at radius 2 is 2.05 bits per heavy atom. The van der Waals surface area contributed by atoms with Crippen molar-refractivity contribution in [3.05, 3.63) is 30.1 Å². The molecule has 0 amide bonds. The zero-order valence-electron chi connectivity index (χ0n) is 10.8. The number of aryl methyl sites for hydroxylation is 1. The first-order valence-electron chi connectivity index (χ1n) is 6.53. The van der Waals surface area contributed by atoms with Crippen LogP contribution >= 0.6 is 15.9 Å². The summed E-state index contributed by atoms with van der Waals surface area (Å²) in [6.45, 7) is 0. The molecule has 1 saturated carbocycles. The highest BCUT2D eigenvalue weighted by molar-refractivity contribution is 9.09. The van der Waals surface area contributed by atoms with Crippen molar-refractivity contribution >= 4 is 26.0 Å². The van der Waals surface area contributed by atoms with Gasteiger partial charge in [-0.25, -0.2) is 13.1 Å². The fourth-order valence-corrected chi connectivity index (χ4v) is 4.88. The monoisotopic (exact) mass is 346 g/mol. The van der Waals surface area contributed by atoms with Crippen molar-refractivity contribution < 1.29 is 8.42 Å². The molecule has 1 aromatic heterocycles. The molecule has 4 nitrogen and oxygen atoms in total. The number of rotatable bonds is 6. The number of hydrogen-bond acceptors (Lipinski definition) is 3.